The molecule has 0 amide bonds. The normalized spacial score (nSPS) is 31.6. The number of hydrogen-bond donors (Lipinski definition) is 4. The highest BCUT2D eigenvalue weighted by Crippen LogP contribution is 2.13. The largest absolute Gasteiger partial charge is 0.394 e. The quantitative estimate of drug-likeness (QED) is 0.420. The van der Waals surface area contributed by atoms with Crippen LogP contribution in [0.3, 0.4) is 0 Å². The van der Waals surface area contributed by atoms with Crippen molar-refractivity contribution in [2.24, 2.45) is 0 Å². The molecule has 1 heterocycles. The number of aliphatic hydroxyl groups is 4. The average molecular weight is 206 g/mol. The molecule has 0 aromatic rings. The van der Waals surface area contributed by atoms with E-state index in [4.69, 9.17) is 25.2 Å². The molecule has 0 radical (unpaired) electrons. The van der Waals surface area contributed by atoms with Gasteiger partial charge in [0.2, 0.25) is 0 Å². The second kappa shape index (κ2) is 7.90. The summed E-state index contributed by atoms with van der Waals surface area (Å²) in [7, 11) is 0. The van der Waals surface area contributed by atoms with Crippen LogP contribution in [0.1, 0.15) is 6.42 Å². The van der Waals surface area contributed by atoms with E-state index in [2.05, 4.69) is 6.58 Å². The predicted octanol–water partition coefficient (Wildman–Crippen LogP) is -1.35. The van der Waals surface area contributed by atoms with E-state index in [1.807, 2.05) is 0 Å². The topological polar surface area (TPSA) is 90.2 Å². The molecule has 0 spiro atoms. The van der Waals surface area contributed by atoms with Gasteiger partial charge in [-0.15, -0.1) is 6.58 Å². The molecule has 4 N–H and O–H groups in total. The lowest BCUT2D eigenvalue weighted by Gasteiger charge is -2.30. The van der Waals surface area contributed by atoms with E-state index in [0.717, 1.165) is 0 Å². The number of aliphatic hydroxyl groups excluding tert-OH is 4. The Balaban J connectivity index is 0.000000364. The lowest BCUT2D eigenvalue weighted by Crippen LogP contribution is -2.46. The van der Waals surface area contributed by atoms with Gasteiger partial charge in [0.05, 0.1) is 19.3 Å². The Hall–Kier alpha value is -0.460. The highest BCUT2D eigenvalue weighted by molar-refractivity contribution is 4.79. The Morgan fingerprint density at radius 1 is 1.36 bits per heavy atom. The van der Waals surface area contributed by atoms with Crippen LogP contribution in [0.25, 0.3) is 0 Å². The summed E-state index contributed by atoms with van der Waals surface area (Å²) in [6.07, 6.45) is -0.411. The number of rotatable bonds is 2. The molecule has 14 heavy (non-hydrogen) atoms. The molecule has 5 heteroatoms. The van der Waals surface area contributed by atoms with E-state index in [1.54, 1.807) is 0 Å². The lowest BCUT2D eigenvalue weighted by atomic mass is 10.0. The highest BCUT2D eigenvalue weighted by Gasteiger charge is 2.30. The van der Waals surface area contributed by atoms with Crippen LogP contribution in [0, 0.1) is 0 Å². The van der Waals surface area contributed by atoms with Crippen LogP contribution in [0.4, 0.5) is 0 Å². The molecule has 1 rings (SSSR count). The van der Waals surface area contributed by atoms with Gasteiger partial charge in [0.15, 0.2) is 0 Å². The molecule has 1 saturated heterocycles. The molecule has 1 fully saturated rings. The van der Waals surface area contributed by atoms with Crippen LogP contribution < -0.4 is 0 Å². The zero-order valence-electron chi connectivity index (χ0n) is 8.04. The highest BCUT2D eigenvalue weighted by atomic mass is 16.5. The summed E-state index contributed by atoms with van der Waals surface area (Å²) in [4.78, 5) is 0. The summed E-state index contributed by atoms with van der Waals surface area (Å²) in [5.74, 6) is 0. The third-order valence-electron chi connectivity index (χ3n) is 1.83. The number of ether oxygens (including phenoxy) is 1. The van der Waals surface area contributed by atoms with Crippen molar-refractivity contribution in [1.82, 2.24) is 0 Å². The van der Waals surface area contributed by atoms with Gasteiger partial charge < -0.3 is 25.2 Å². The third kappa shape index (κ3) is 4.69. The molecule has 1 aliphatic heterocycles. The Morgan fingerprint density at radius 2 is 1.93 bits per heavy atom. The van der Waals surface area contributed by atoms with Crippen molar-refractivity contribution in [2.75, 3.05) is 19.8 Å². The molecule has 1 aliphatic rings. The first kappa shape index (κ1) is 13.5. The SMILES string of the molecule is C=CCO.OCC1OCCC(O)C1O. The predicted molar refractivity (Wildman–Crippen MR) is 50.7 cm³/mol. The first-order chi connectivity index (χ1) is 6.67. The van der Waals surface area contributed by atoms with Crippen molar-refractivity contribution in [3.05, 3.63) is 12.7 Å². The molecule has 0 aromatic heterocycles. The molecule has 0 aromatic carbocycles. The monoisotopic (exact) mass is 206 g/mol. The summed E-state index contributed by atoms with van der Waals surface area (Å²) < 4.78 is 4.95. The molecular weight excluding hydrogens is 188 g/mol. The average Bonchev–Trinajstić information content (AvgIpc) is 2.22. The van der Waals surface area contributed by atoms with E-state index in [1.165, 1.54) is 6.08 Å². The van der Waals surface area contributed by atoms with Crippen LogP contribution in [-0.4, -0.2) is 58.6 Å². The Kier molecular flexibility index (Phi) is 7.64. The maximum Gasteiger partial charge on any atom is 0.109 e. The van der Waals surface area contributed by atoms with Gasteiger partial charge in [-0.05, 0) is 6.42 Å². The summed E-state index contributed by atoms with van der Waals surface area (Å²) >= 11 is 0. The van der Waals surface area contributed by atoms with Crippen molar-refractivity contribution in [3.63, 3.8) is 0 Å². The Labute approximate surface area is 83.3 Å². The fourth-order valence-electron chi connectivity index (χ4n) is 1.02. The van der Waals surface area contributed by atoms with Gasteiger partial charge >= 0.3 is 0 Å². The fraction of sp³-hybridized carbons (Fsp3) is 0.778. The minimum absolute atomic E-state index is 0.0833. The van der Waals surface area contributed by atoms with Gasteiger partial charge in [-0.2, -0.15) is 0 Å². The van der Waals surface area contributed by atoms with Crippen LogP contribution in [-0.2, 0) is 4.74 Å². The Morgan fingerprint density at radius 3 is 2.29 bits per heavy atom. The molecule has 3 unspecified atom stereocenters. The van der Waals surface area contributed by atoms with Crippen molar-refractivity contribution < 1.29 is 25.2 Å². The minimum Gasteiger partial charge on any atom is -0.394 e. The van der Waals surface area contributed by atoms with Gasteiger partial charge in [-0.1, -0.05) is 6.08 Å². The van der Waals surface area contributed by atoms with Gasteiger partial charge in [-0.25, -0.2) is 0 Å². The molecule has 0 aliphatic carbocycles. The van der Waals surface area contributed by atoms with Gasteiger partial charge in [-0.3, -0.25) is 0 Å². The summed E-state index contributed by atoms with van der Waals surface area (Å²) in [6.45, 7) is 3.48. The smallest absolute Gasteiger partial charge is 0.109 e. The van der Waals surface area contributed by atoms with E-state index >= 15 is 0 Å². The molecule has 5 nitrogen and oxygen atoms in total. The number of hydrogen-bond acceptors (Lipinski definition) is 5. The molecule has 84 valence electrons. The van der Waals surface area contributed by atoms with Crippen LogP contribution in [0.2, 0.25) is 0 Å². The molecule has 0 bridgehead atoms. The zero-order chi connectivity index (χ0) is 11.0. The maximum atomic E-state index is 9.10. The van der Waals surface area contributed by atoms with Gasteiger partial charge in [0.1, 0.15) is 12.2 Å². The molecule has 3 atom stereocenters. The zero-order valence-corrected chi connectivity index (χ0v) is 8.04. The minimum atomic E-state index is -0.932. The summed E-state index contributed by atoms with van der Waals surface area (Å²) in [5.41, 5.74) is 0. The van der Waals surface area contributed by atoms with Crippen molar-refractivity contribution in [1.29, 1.82) is 0 Å². The summed E-state index contributed by atoms with van der Waals surface area (Å²) in [5, 5.41) is 34.5. The van der Waals surface area contributed by atoms with Crippen LogP contribution in [0.15, 0.2) is 12.7 Å². The lowest BCUT2D eigenvalue weighted by molar-refractivity contribution is -0.147. The summed E-state index contributed by atoms with van der Waals surface area (Å²) in [6, 6.07) is 0. The molecule has 0 saturated carbocycles. The van der Waals surface area contributed by atoms with Crippen LogP contribution >= 0.6 is 0 Å². The second-order valence-electron chi connectivity index (χ2n) is 2.91. The molecular formula is C9H18O5. The first-order valence-electron chi connectivity index (χ1n) is 4.47. The third-order valence-corrected chi connectivity index (χ3v) is 1.83. The maximum absolute atomic E-state index is 9.10. The second-order valence-corrected chi connectivity index (χ2v) is 2.91. The van der Waals surface area contributed by atoms with E-state index in [9.17, 15) is 0 Å². The van der Waals surface area contributed by atoms with E-state index in [-0.39, 0.29) is 13.2 Å². The standard InChI is InChI=1S/C6H12O4.C3H6O/c7-3-5-6(9)4(8)1-2-10-5;1-2-3-4/h4-9H,1-3H2;2,4H,1,3H2. The van der Waals surface area contributed by atoms with Crippen molar-refractivity contribution in [3.8, 4) is 0 Å². The van der Waals surface area contributed by atoms with Gasteiger partial charge in [0, 0.05) is 6.61 Å². The van der Waals surface area contributed by atoms with Gasteiger partial charge in [0.25, 0.3) is 0 Å². The van der Waals surface area contributed by atoms with E-state index in [0.29, 0.717) is 13.0 Å². The fourth-order valence-corrected chi connectivity index (χ4v) is 1.02. The van der Waals surface area contributed by atoms with Crippen LogP contribution in [0.5, 0.6) is 0 Å². The Bertz CT molecular complexity index is 150. The first-order valence-corrected chi connectivity index (χ1v) is 4.47. The van der Waals surface area contributed by atoms with Crippen molar-refractivity contribution >= 4 is 0 Å². The van der Waals surface area contributed by atoms with E-state index < -0.39 is 18.3 Å². The van der Waals surface area contributed by atoms with Crippen molar-refractivity contribution in [2.45, 2.75) is 24.7 Å².